The van der Waals surface area contributed by atoms with Crippen LogP contribution in [0.1, 0.15) is 31.7 Å². The number of ether oxygens (including phenoxy) is 1. The van der Waals surface area contributed by atoms with Crippen molar-refractivity contribution < 1.29 is 14.3 Å². The number of carbonyl (C=O) groups is 2. The Bertz CT molecular complexity index is 615. The topological polar surface area (TPSA) is 83.0 Å². The van der Waals surface area contributed by atoms with Crippen LogP contribution in [0.2, 0.25) is 0 Å². The number of guanidine groups is 1. The molecule has 0 aromatic heterocycles. The van der Waals surface area contributed by atoms with Crippen molar-refractivity contribution >= 4 is 17.8 Å². The summed E-state index contributed by atoms with van der Waals surface area (Å²) >= 11 is 0. The summed E-state index contributed by atoms with van der Waals surface area (Å²) in [6, 6.07) is 7.75. The predicted molar refractivity (Wildman–Crippen MR) is 96.4 cm³/mol. The normalized spacial score (nSPS) is 15.3. The average molecular weight is 346 g/mol. The maximum Gasteiger partial charge on any atom is 0.229 e. The van der Waals surface area contributed by atoms with E-state index in [2.05, 4.69) is 15.6 Å². The smallest absolute Gasteiger partial charge is 0.229 e. The molecule has 0 spiro atoms. The van der Waals surface area contributed by atoms with Crippen molar-refractivity contribution in [1.82, 2.24) is 15.5 Å². The van der Waals surface area contributed by atoms with Gasteiger partial charge in [0.2, 0.25) is 11.8 Å². The number of likely N-dealkylation sites (tertiary alicyclic amines) is 1. The van der Waals surface area contributed by atoms with Crippen molar-refractivity contribution in [3.8, 4) is 5.75 Å². The van der Waals surface area contributed by atoms with Gasteiger partial charge in [0.15, 0.2) is 5.96 Å². The Morgan fingerprint density at radius 3 is 2.68 bits per heavy atom. The number of piperidine rings is 1. The fourth-order valence-electron chi connectivity index (χ4n) is 2.62. The number of methoxy groups -OCH3 is 1. The largest absolute Gasteiger partial charge is 0.497 e. The molecule has 7 heteroatoms. The van der Waals surface area contributed by atoms with Crippen LogP contribution in [0.5, 0.6) is 5.75 Å². The molecule has 0 atom stereocenters. The Morgan fingerprint density at radius 2 is 2.00 bits per heavy atom. The van der Waals surface area contributed by atoms with E-state index in [4.69, 9.17) is 4.74 Å². The molecule has 0 bridgehead atoms. The van der Waals surface area contributed by atoms with Gasteiger partial charge in [-0.3, -0.25) is 14.5 Å². The second kappa shape index (κ2) is 9.66. The van der Waals surface area contributed by atoms with E-state index >= 15 is 0 Å². The van der Waals surface area contributed by atoms with Crippen molar-refractivity contribution in [1.29, 1.82) is 0 Å². The Morgan fingerprint density at radius 1 is 1.24 bits per heavy atom. The third kappa shape index (κ3) is 5.77. The van der Waals surface area contributed by atoms with E-state index in [1.54, 1.807) is 7.11 Å². The number of carbonyl (C=O) groups excluding carboxylic acids is 2. The molecule has 1 aliphatic rings. The van der Waals surface area contributed by atoms with Crippen LogP contribution in [0.25, 0.3) is 0 Å². The van der Waals surface area contributed by atoms with E-state index in [9.17, 15) is 9.59 Å². The number of hydrogen-bond donors (Lipinski definition) is 2. The number of hydrogen-bond acceptors (Lipinski definition) is 4. The summed E-state index contributed by atoms with van der Waals surface area (Å²) < 4.78 is 5.21. The summed E-state index contributed by atoms with van der Waals surface area (Å²) in [6.07, 6.45) is 1.57. The number of imide groups is 1. The third-order valence-corrected chi connectivity index (χ3v) is 3.91. The van der Waals surface area contributed by atoms with Crippen molar-refractivity contribution in [2.24, 2.45) is 4.99 Å². The van der Waals surface area contributed by atoms with E-state index in [0.717, 1.165) is 17.9 Å². The molecule has 136 valence electrons. The molecule has 1 heterocycles. The zero-order valence-corrected chi connectivity index (χ0v) is 14.9. The maximum absolute atomic E-state index is 11.8. The van der Waals surface area contributed by atoms with Crippen molar-refractivity contribution in [2.75, 3.05) is 26.7 Å². The Labute approximate surface area is 148 Å². The molecular formula is C18H26N4O3. The van der Waals surface area contributed by atoms with Gasteiger partial charge in [0.25, 0.3) is 0 Å². The first-order chi connectivity index (χ1) is 12.1. The highest BCUT2D eigenvalue weighted by atomic mass is 16.5. The molecule has 0 unspecified atom stereocenters. The fourth-order valence-corrected chi connectivity index (χ4v) is 2.62. The Balaban J connectivity index is 1.88. The van der Waals surface area contributed by atoms with Gasteiger partial charge in [-0.05, 0) is 31.0 Å². The Hall–Kier alpha value is -2.57. The molecule has 1 saturated heterocycles. The molecule has 0 radical (unpaired) electrons. The molecule has 2 amide bonds. The van der Waals surface area contributed by atoms with E-state index in [0.29, 0.717) is 44.9 Å². The van der Waals surface area contributed by atoms with Gasteiger partial charge in [0.1, 0.15) is 5.75 Å². The molecule has 7 nitrogen and oxygen atoms in total. The highest BCUT2D eigenvalue weighted by Gasteiger charge is 2.25. The molecule has 2 N–H and O–H groups in total. The molecular weight excluding hydrogens is 320 g/mol. The lowest BCUT2D eigenvalue weighted by Crippen LogP contribution is -2.46. The van der Waals surface area contributed by atoms with Crippen LogP contribution in [-0.2, 0) is 16.1 Å². The highest BCUT2D eigenvalue weighted by molar-refractivity contribution is 5.97. The Kier molecular flexibility index (Phi) is 7.25. The number of nitrogens with one attached hydrogen (secondary N) is 2. The molecule has 0 saturated carbocycles. The van der Waals surface area contributed by atoms with Crippen LogP contribution in [0.15, 0.2) is 29.3 Å². The van der Waals surface area contributed by atoms with E-state index in [1.807, 2.05) is 31.2 Å². The second-order valence-corrected chi connectivity index (χ2v) is 5.77. The lowest BCUT2D eigenvalue weighted by atomic mass is 10.1. The first kappa shape index (κ1) is 18.8. The van der Waals surface area contributed by atoms with Gasteiger partial charge in [-0.1, -0.05) is 12.1 Å². The number of benzene rings is 1. The van der Waals surface area contributed by atoms with Gasteiger partial charge in [0, 0.05) is 32.5 Å². The zero-order chi connectivity index (χ0) is 18.1. The van der Waals surface area contributed by atoms with Gasteiger partial charge < -0.3 is 15.4 Å². The summed E-state index contributed by atoms with van der Waals surface area (Å²) in [5, 5.41) is 6.33. The molecule has 1 aromatic carbocycles. The van der Waals surface area contributed by atoms with Crippen LogP contribution in [-0.4, -0.2) is 49.4 Å². The standard InChI is InChI=1S/C18H26N4O3/c1-3-19-18(21-13-14-6-4-7-15(12-14)25-2)20-10-11-22-16(23)8-5-9-17(22)24/h4,6-7,12H,3,5,8-11,13H2,1-2H3,(H2,19,20,21). The molecule has 1 fully saturated rings. The molecule has 1 aliphatic heterocycles. The highest BCUT2D eigenvalue weighted by Crippen LogP contribution is 2.13. The van der Waals surface area contributed by atoms with Gasteiger partial charge in [-0.25, -0.2) is 4.99 Å². The monoisotopic (exact) mass is 346 g/mol. The SMILES string of the molecule is CCNC(=NCc1cccc(OC)c1)NCCN1C(=O)CCCC1=O. The van der Waals surface area contributed by atoms with Gasteiger partial charge in [-0.2, -0.15) is 0 Å². The van der Waals surface area contributed by atoms with Crippen LogP contribution in [0.4, 0.5) is 0 Å². The first-order valence-electron chi connectivity index (χ1n) is 8.62. The number of nitrogens with zero attached hydrogens (tertiary/aromatic N) is 2. The summed E-state index contributed by atoms with van der Waals surface area (Å²) in [7, 11) is 1.64. The van der Waals surface area contributed by atoms with Crippen molar-refractivity contribution in [2.45, 2.75) is 32.7 Å². The van der Waals surface area contributed by atoms with Gasteiger partial charge >= 0.3 is 0 Å². The summed E-state index contributed by atoms with van der Waals surface area (Å²) in [4.78, 5) is 29.5. The molecule has 1 aromatic rings. The summed E-state index contributed by atoms with van der Waals surface area (Å²) in [6.45, 7) is 4.06. The molecule has 25 heavy (non-hydrogen) atoms. The molecule has 0 aliphatic carbocycles. The maximum atomic E-state index is 11.8. The quantitative estimate of drug-likeness (QED) is 0.442. The van der Waals surface area contributed by atoms with Crippen LogP contribution in [0, 0.1) is 0 Å². The third-order valence-electron chi connectivity index (χ3n) is 3.91. The van der Waals surface area contributed by atoms with Crippen LogP contribution < -0.4 is 15.4 Å². The lowest BCUT2D eigenvalue weighted by Gasteiger charge is -2.25. The average Bonchev–Trinajstić information content (AvgIpc) is 2.62. The zero-order valence-electron chi connectivity index (χ0n) is 14.9. The lowest BCUT2D eigenvalue weighted by molar-refractivity contribution is -0.147. The summed E-state index contributed by atoms with van der Waals surface area (Å²) in [5.41, 5.74) is 1.04. The summed E-state index contributed by atoms with van der Waals surface area (Å²) in [5.74, 6) is 1.28. The second-order valence-electron chi connectivity index (χ2n) is 5.77. The van der Waals surface area contributed by atoms with Crippen LogP contribution in [0.3, 0.4) is 0 Å². The number of amides is 2. The van der Waals surface area contributed by atoms with Gasteiger partial charge in [-0.15, -0.1) is 0 Å². The van der Waals surface area contributed by atoms with E-state index in [-0.39, 0.29) is 11.8 Å². The predicted octanol–water partition coefficient (Wildman–Crippen LogP) is 1.29. The van der Waals surface area contributed by atoms with E-state index in [1.165, 1.54) is 4.90 Å². The minimum Gasteiger partial charge on any atom is -0.497 e. The van der Waals surface area contributed by atoms with E-state index < -0.39 is 0 Å². The fraction of sp³-hybridized carbons (Fsp3) is 0.500. The minimum atomic E-state index is -0.0867. The van der Waals surface area contributed by atoms with Crippen molar-refractivity contribution in [3.05, 3.63) is 29.8 Å². The number of rotatable bonds is 7. The number of aliphatic imine (C=N–C) groups is 1. The van der Waals surface area contributed by atoms with Gasteiger partial charge in [0.05, 0.1) is 13.7 Å². The van der Waals surface area contributed by atoms with Crippen LogP contribution >= 0.6 is 0 Å². The van der Waals surface area contributed by atoms with Crippen molar-refractivity contribution in [3.63, 3.8) is 0 Å². The molecule has 2 rings (SSSR count). The minimum absolute atomic E-state index is 0.0867. The first-order valence-corrected chi connectivity index (χ1v) is 8.62.